The van der Waals surface area contributed by atoms with Crippen molar-refractivity contribution in [1.82, 2.24) is 5.32 Å². The molecule has 1 saturated heterocycles. The number of hydrogen-bond donors (Lipinski definition) is 2. The van der Waals surface area contributed by atoms with Crippen LogP contribution in [-0.2, 0) is 9.53 Å². The molecule has 0 radical (unpaired) electrons. The van der Waals surface area contributed by atoms with Crippen molar-refractivity contribution in [3.05, 3.63) is 29.8 Å². The first-order chi connectivity index (χ1) is 10.1. The van der Waals surface area contributed by atoms with Crippen LogP contribution in [0.4, 0.5) is 0 Å². The maximum absolute atomic E-state index is 11.7. The highest BCUT2D eigenvalue weighted by Crippen LogP contribution is 2.26. The van der Waals surface area contributed by atoms with Gasteiger partial charge in [0.1, 0.15) is 0 Å². The van der Waals surface area contributed by atoms with Crippen LogP contribution in [0.1, 0.15) is 23.2 Å². The molecular weight excluding hydrogens is 290 g/mol. The van der Waals surface area contributed by atoms with E-state index in [2.05, 4.69) is 5.32 Å². The number of ether oxygens (including phenoxy) is 1. The number of esters is 1. The Balaban J connectivity index is 1.90. The van der Waals surface area contributed by atoms with Crippen molar-refractivity contribution in [2.24, 2.45) is 5.92 Å². The van der Waals surface area contributed by atoms with E-state index in [-0.39, 0.29) is 17.9 Å². The van der Waals surface area contributed by atoms with Crippen LogP contribution in [0.15, 0.2) is 29.2 Å². The number of carboxylic acid groups (broad SMARTS) is 1. The van der Waals surface area contributed by atoms with Crippen molar-refractivity contribution >= 4 is 23.7 Å². The van der Waals surface area contributed by atoms with Gasteiger partial charge in [-0.2, -0.15) is 0 Å². The van der Waals surface area contributed by atoms with Crippen LogP contribution < -0.4 is 5.32 Å². The molecule has 1 aliphatic rings. The Morgan fingerprint density at radius 2 is 2.14 bits per heavy atom. The van der Waals surface area contributed by atoms with E-state index in [9.17, 15) is 9.59 Å². The van der Waals surface area contributed by atoms with Crippen molar-refractivity contribution in [3.8, 4) is 0 Å². The van der Waals surface area contributed by atoms with Crippen molar-refractivity contribution in [2.45, 2.75) is 23.8 Å². The van der Waals surface area contributed by atoms with E-state index in [4.69, 9.17) is 9.84 Å². The van der Waals surface area contributed by atoms with Crippen LogP contribution in [0.3, 0.4) is 0 Å². The lowest BCUT2D eigenvalue weighted by Gasteiger charge is -2.27. The maximum Gasteiger partial charge on any atom is 0.338 e. The molecule has 0 spiro atoms. The molecule has 2 rings (SSSR count). The highest BCUT2D eigenvalue weighted by Gasteiger charge is 2.25. The zero-order valence-corrected chi connectivity index (χ0v) is 12.7. The Kier molecular flexibility index (Phi) is 5.64. The first-order valence-corrected chi connectivity index (χ1v) is 7.86. The first-order valence-electron chi connectivity index (χ1n) is 6.88. The third kappa shape index (κ3) is 4.22. The second-order valence-electron chi connectivity index (χ2n) is 5.02. The number of carboxylic acids is 1. The molecule has 1 fully saturated rings. The summed E-state index contributed by atoms with van der Waals surface area (Å²) in [6.45, 7) is 0.513. The second-order valence-corrected chi connectivity index (χ2v) is 6.08. The van der Waals surface area contributed by atoms with Crippen molar-refractivity contribution in [1.29, 1.82) is 0 Å². The van der Waals surface area contributed by atoms with E-state index in [1.807, 2.05) is 18.2 Å². The molecule has 0 saturated carbocycles. The van der Waals surface area contributed by atoms with Gasteiger partial charge in [0.15, 0.2) is 0 Å². The molecule has 1 aromatic rings. The molecule has 6 heteroatoms. The molecule has 0 amide bonds. The highest BCUT2D eigenvalue weighted by molar-refractivity contribution is 7.99. The molecule has 1 heterocycles. The van der Waals surface area contributed by atoms with E-state index in [0.29, 0.717) is 18.5 Å². The summed E-state index contributed by atoms with van der Waals surface area (Å²) in [6.07, 6.45) is 1.54. The number of thioether (sulfide) groups is 1. The van der Waals surface area contributed by atoms with Crippen molar-refractivity contribution < 1.29 is 19.4 Å². The topological polar surface area (TPSA) is 75.6 Å². The van der Waals surface area contributed by atoms with Crippen LogP contribution in [0, 0.1) is 5.92 Å². The fourth-order valence-corrected chi connectivity index (χ4v) is 3.48. The zero-order chi connectivity index (χ0) is 15.2. The van der Waals surface area contributed by atoms with Gasteiger partial charge in [-0.3, -0.25) is 4.79 Å². The number of carbonyl (C=O) groups excluding carboxylic acids is 1. The predicted octanol–water partition coefficient (Wildman–Crippen LogP) is 2.02. The van der Waals surface area contributed by atoms with Gasteiger partial charge in [-0.25, -0.2) is 4.79 Å². The number of hydrogen-bond acceptors (Lipinski definition) is 5. The maximum atomic E-state index is 11.7. The lowest BCUT2D eigenvalue weighted by Crippen LogP contribution is -2.42. The van der Waals surface area contributed by atoms with E-state index >= 15 is 0 Å². The third-order valence-corrected chi connectivity index (χ3v) is 4.83. The molecule has 0 aliphatic carbocycles. The van der Waals surface area contributed by atoms with Gasteiger partial charge in [0.25, 0.3) is 0 Å². The normalized spacial score (nSPS) is 21.8. The third-order valence-electron chi connectivity index (χ3n) is 3.60. The molecule has 114 valence electrons. The molecule has 5 nitrogen and oxygen atoms in total. The highest BCUT2D eigenvalue weighted by atomic mass is 32.2. The average Bonchev–Trinajstić information content (AvgIpc) is 2.52. The van der Waals surface area contributed by atoms with Crippen molar-refractivity contribution in [3.63, 3.8) is 0 Å². The van der Waals surface area contributed by atoms with Gasteiger partial charge in [0, 0.05) is 23.2 Å². The van der Waals surface area contributed by atoms with Gasteiger partial charge in [-0.15, -0.1) is 11.8 Å². The van der Waals surface area contributed by atoms with Gasteiger partial charge in [-0.1, -0.05) is 12.1 Å². The minimum absolute atomic E-state index is 0.274. The summed E-state index contributed by atoms with van der Waals surface area (Å²) in [5, 5.41) is 12.2. The fourth-order valence-electron chi connectivity index (χ4n) is 2.33. The van der Waals surface area contributed by atoms with Crippen LogP contribution >= 0.6 is 11.8 Å². The van der Waals surface area contributed by atoms with E-state index < -0.39 is 5.97 Å². The molecule has 2 atom stereocenters. The fraction of sp³-hybridized carbons (Fsp3) is 0.467. The Morgan fingerprint density at radius 1 is 1.38 bits per heavy atom. The summed E-state index contributed by atoms with van der Waals surface area (Å²) in [7, 11) is 1.37. The number of rotatable bonds is 5. The van der Waals surface area contributed by atoms with Gasteiger partial charge >= 0.3 is 11.9 Å². The van der Waals surface area contributed by atoms with E-state index in [1.54, 1.807) is 17.8 Å². The standard InChI is InChI=1S/C15H19NO4S/c1-20-15(19)12-4-2-3-5-13(12)21-9-11-7-6-10(8-16-11)14(17)18/h2-5,10-11,16H,6-9H2,1H3,(H,17,18). The zero-order valence-electron chi connectivity index (χ0n) is 11.9. The largest absolute Gasteiger partial charge is 0.481 e. The van der Waals surface area contributed by atoms with Gasteiger partial charge in [-0.05, 0) is 25.0 Å². The SMILES string of the molecule is COC(=O)c1ccccc1SCC1CCC(C(=O)O)CN1. The lowest BCUT2D eigenvalue weighted by atomic mass is 9.96. The summed E-state index contributed by atoms with van der Waals surface area (Å²) >= 11 is 1.60. The van der Waals surface area contributed by atoms with Gasteiger partial charge in [0.05, 0.1) is 18.6 Å². The Morgan fingerprint density at radius 3 is 2.76 bits per heavy atom. The van der Waals surface area contributed by atoms with Crippen LogP contribution in [-0.4, -0.2) is 42.5 Å². The summed E-state index contributed by atoms with van der Waals surface area (Å²) in [4.78, 5) is 23.5. The summed E-state index contributed by atoms with van der Waals surface area (Å²) in [5.74, 6) is -0.542. The van der Waals surface area contributed by atoms with Crippen LogP contribution in [0.2, 0.25) is 0 Å². The van der Waals surface area contributed by atoms with E-state index in [1.165, 1.54) is 7.11 Å². The average molecular weight is 309 g/mol. The number of methoxy groups -OCH3 is 1. The summed E-state index contributed by atoms with van der Waals surface area (Å²) in [6, 6.07) is 7.63. The number of carbonyl (C=O) groups is 2. The van der Waals surface area contributed by atoms with E-state index in [0.717, 1.165) is 17.1 Å². The smallest absolute Gasteiger partial charge is 0.338 e. The van der Waals surface area contributed by atoms with Gasteiger partial charge < -0.3 is 15.2 Å². The molecule has 2 unspecified atom stereocenters. The monoisotopic (exact) mass is 309 g/mol. The Labute approximate surface area is 128 Å². The minimum Gasteiger partial charge on any atom is -0.481 e. The number of benzene rings is 1. The molecular formula is C15H19NO4S. The minimum atomic E-state index is -0.732. The number of nitrogens with one attached hydrogen (secondary N) is 1. The van der Waals surface area contributed by atoms with Gasteiger partial charge in [0.2, 0.25) is 0 Å². The molecule has 2 N–H and O–H groups in total. The molecule has 1 aliphatic heterocycles. The number of aliphatic carboxylic acids is 1. The van der Waals surface area contributed by atoms with Crippen molar-refractivity contribution in [2.75, 3.05) is 19.4 Å². The molecule has 0 aromatic heterocycles. The quantitative estimate of drug-likeness (QED) is 0.640. The van der Waals surface area contributed by atoms with Crippen LogP contribution in [0.5, 0.6) is 0 Å². The summed E-state index contributed by atoms with van der Waals surface area (Å²) in [5.41, 5.74) is 0.573. The Bertz CT molecular complexity index is 512. The predicted molar refractivity (Wildman–Crippen MR) is 80.7 cm³/mol. The molecule has 21 heavy (non-hydrogen) atoms. The first kappa shape index (κ1) is 15.9. The molecule has 1 aromatic carbocycles. The second kappa shape index (κ2) is 7.47. The Hall–Kier alpha value is -1.53. The molecule has 0 bridgehead atoms. The summed E-state index contributed by atoms with van der Waals surface area (Å²) < 4.78 is 4.78. The number of piperidine rings is 1. The van der Waals surface area contributed by atoms with Crippen LogP contribution in [0.25, 0.3) is 0 Å². The lowest BCUT2D eigenvalue weighted by molar-refractivity contribution is -0.142.